The zero-order chi connectivity index (χ0) is 15.4. The molecule has 4 nitrogen and oxygen atoms in total. The molecule has 0 radical (unpaired) electrons. The maximum Gasteiger partial charge on any atom is 0.0644 e. The number of nitrogens with zero attached hydrogens (tertiary/aromatic N) is 2. The van der Waals surface area contributed by atoms with E-state index >= 15 is 0 Å². The molecule has 2 atom stereocenters. The van der Waals surface area contributed by atoms with E-state index in [1.54, 1.807) is 0 Å². The van der Waals surface area contributed by atoms with Crippen molar-refractivity contribution in [2.24, 2.45) is 5.84 Å². The second-order valence-electron chi connectivity index (χ2n) is 5.14. The van der Waals surface area contributed by atoms with Crippen LogP contribution < -0.4 is 11.3 Å². The molecule has 0 saturated heterocycles. The van der Waals surface area contributed by atoms with Gasteiger partial charge >= 0.3 is 0 Å². The van der Waals surface area contributed by atoms with Crippen molar-refractivity contribution in [1.29, 1.82) is 0 Å². The van der Waals surface area contributed by atoms with Gasteiger partial charge in [-0.1, -0.05) is 24.6 Å². The summed E-state index contributed by atoms with van der Waals surface area (Å²) in [5.41, 5.74) is 4.95. The number of aromatic nitrogens is 2. The van der Waals surface area contributed by atoms with Crippen LogP contribution in [0.15, 0.2) is 30.5 Å². The molecule has 1 aromatic heterocycles. The molecule has 1 heterocycles. The van der Waals surface area contributed by atoms with E-state index in [0.717, 1.165) is 32.7 Å². The molecule has 0 bridgehead atoms. The minimum atomic E-state index is -0.000201. The van der Waals surface area contributed by atoms with Gasteiger partial charge in [-0.2, -0.15) is 5.10 Å². The van der Waals surface area contributed by atoms with Gasteiger partial charge in [-0.25, -0.2) is 0 Å². The van der Waals surface area contributed by atoms with E-state index in [1.165, 1.54) is 0 Å². The van der Waals surface area contributed by atoms with Crippen molar-refractivity contribution in [3.8, 4) is 0 Å². The highest BCUT2D eigenvalue weighted by atomic mass is 127. The third-order valence-corrected chi connectivity index (χ3v) is 5.24. The van der Waals surface area contributed by atoms with Crippen molar-refractivity contribution in [2.45, 2.75) is 38.8 Å². The quantitative estimate of drug-likeness (QED) is 0.425. The molecule has 0 fully saturated rings. The van der Waals surface area contributed by atoms with Gasteiger partial charge in [0.2, 0.25) is 0 Å². The summed E-state index contributed by atoms with van der Waals surface area (Å²) in [7, 11) is 0. The van der Waals surface area contributed by atoms with E-state index < -0.39 is 0 Å². The first-order chi connectivity index (χ1) is 10.0. The lowest BCUT2D eigenvalue weighted by Crippen LogP contribution is -2.29. The normalized spacial score (nSPS) is 14.1. The van der Waals surface area contributed by atoms with Crippen molar-refractivity contribution in [2.75, 3.05) is 0 Å². The molecule has 114 valence electrons. The molecule has 0 spiro atoms. The predicted octanol–water partition coefficient (Wildman–Crippen LogP) is 3.86. The third-order valence-electron chi connectivity index (χ3n) is 3.67. The van der Waals surface area contributed by atoms with Crippen molar-refractivity contribution >= 4 is 34.2 Å². The monoisotopic (exact) mass is 418 g/mol. The second kappa shape index (κ2) is 7.58. The van der Waals surface area contributed by atoms with Crippen molar-refractivity contribution in [3.63, 3.8) is 0 Å². The summed E-state index contributed by atoms with van der Waals surface area (Å²) in [5, 5.41) is 5.37. The molecule has 0 aliphatic carbocycles. The number of nitrogens with one attached hydrogen (secondary N) is 1. The van der Waals surface area contributed by atoms with E-state index in [2.05, 4.69) is 47.0 Å². The average Bonchev–Trinajstić information content (AvgIpc) is 2.95. The number of hydrogen-bond donors (Lipinski definition) is 2. The molecule has 0 saturated carbocycles. The summed E-state index contributed by atoms with van der Waals surface area (Å²) in [6, 6.07) is 8.46. The minimum absolute atomic E-state index is 0.000201. The van der Waals surface area contributed by atoms with Crippen LogP contribution in [0.25, 0.3) is 0 Å². The van der Waals surface area contributed by atoms with Crippen LogP contribution in [0.3, 0.4) is 0 Å². The largest absolute Gasteiger partial charge is 0.271 e. The standard InChI is InChI=1S/C15H20ClIN4/c1-3-10(2)21-7-6-12(20-21)9-15(19-18)11-4-5-14(17)13(16)8-11/h4-8,10,15,19H,3,9,18H2,1-2H3. The van der Waals surface area contributed by atoms with Crippen molar-refractivity contribution in [1.82, 2.24) is 15.2 Å². The van der Waals surface area contributed by atoms with Crippen LogP contribution >= 0.6 is 34.2 Å². The Labute approximate surface area is 144 Å². The Hall–Kier alpha value is -0.630. The zero-order valence-electron chi connectivity index (χ0n) is 12.2. The van der Waals surface area contributed by atoms with Crippen LogP contribution in [-0.4, -0.2) is 9.78 Å². The first-order valence-corrected chi connectivity index (χ1v) is 8.46. The van der Waals surface area contributed by atoms with Crippen molar-refractivity contribution < 1.29 is 0 Å². The maximum absolute atomic E-state index is 6.19. The van der Waals surface area contributed by atoms with E-state index in [-0.39, 0.29) is 6.04 Å². The maximum atomic E-state index is 6.19. The highest BCUT2D eigenvalue weighted by molar-refractivity contribution is 14.1. The lowest BCUT2D eigenvalue weighted by atomic mass is 10.0. The molecular formula is C15H20ClIN4. The lowest BCUT2D eigenvalue weighted by Gasteiger charge is -2.16. The highest BCUT2D eigenvalue weighted by Gasteiger charge is 2.14. The fourth-order valence-electron chi connectivity index (χ4n) is 2.13. The highest BCUT2D eigenvalue weighted by Crippen LogP contribution is 2.25. The molecule has 3 N–H and O–H groups in total. The first kappa shape index (κ1) is 16.7. The third kappa shape index (κ3) is 4.18. The van der Waals surface area contributed by atoms with Crippen LogP contribution in [-0.2, 0) is 6.42 Å². The number of benzene rings is 1. The molecule has 1 aromatic carbocycles. The van der Waals surface area contributed by atoms with E-state index in [1.807, 2.05) is 35.1 Å². The predicted molar refractivity (Wildman–Crippen MR) is 95.2 cm³/mol. The van der Waals surface area contributed by atoms with E-state index in [0.29, 0.717) is 6.04 Å². The van der Waals surface area contributed by atoms with Crippen molar-refractivity contribution in [3.05, 3.63) is 50.3 Å². The molecule has 6 heteroatoms. The number of rotatable bonds is 6. The topological polar surface area (TPSA) is 55.9 Å². The number of hydrazine groups is 1. The Morgan fingerprint density at radius 1 is 1.43 bits per heavy atom. The van der Waals surface area contributed by atoms with Crippen LogP contribution in [0, 0.1) is 3.57 Å². The van der Waals surface area contributed by atoms with E-state index in [4.69, 9.17) is 17.4 Å². The van der Waals surface area contributed by atoms with Gasteiger partial charge in [0, 0.05) is 22.2 Å². The fourth-order valence-corrected chi connectivity index (χ4v) is 2.65. The Morgan fingerprint density at radius 2 is 2.19 bits per heavy atom. The van der Waals surface area contributed by atoms with Gasteiger partial charge < -0.3 is 0 Å². The summed E-state index contributed by atoms with van der Waals surface area (Å²) >= 11 is 8.40. The number of hydrogen-bond acceptors (Lipinski definition) is 3. The average molecular weight is 419 g/mol. The Balaban J connectivity index is 2.15. The van der Waals surface area contributed by atoms with Crippen LogP contribution in [0.2, 0.25) is 5.02 Å². The summed E-state index contributed by atoms with van der Waals surface area (Å²) in [4.78, 5) is 0. The molecule has 21 heavy (non-hydrogen) atoms. The van der Waals surface area contributed by atoms with Gasteiger partial charge in [-0.15, -0.1) is 0 Å². The summed E-state index contributed by atoms with van der Waals surface area (Å²) in [6.07, 6.45) is 3.82. The SMILES string of the molecule is CCC(C)n1ccc(CC(NN)c2ccc(I)c(Cl)c2)n1. The van der Waals surface area contributed by atoms with Gasteiger partial charge in [0.05, 0.1) is 16.8 Å². The summed E-state index contributed by atoms with van der Waals surface area (Å²) < 4.78 is 3.04. The number of halogens is 2. The minimum Gasteiger partial charge on any atom is -0.271 e. The molecule has 2 unspecified atom stereocenters. The zero-order valence-corrected chi connectivity index (χ0v) is 15.1. The summed E-state index contributed by atoms with van der Waals surface area (Å²) in [5.74, 6) is 5.70. The molecule has 2 aromatic rings. The molecule has 0 aliphatic heterocycles. The van der Waals surface area contributed by atoms with Gasteiger partial charge in [0.25, 0.3) is 0 Å². The Morgan fingerprint density at radius 3 is 2.81 bits per heavy atom. The molecule has 0 aliphatic rings. The smallest absolute Gasteiger partial charge is 0.0644 e. The van der Waals surface area contributed by atoms with Gasteiger partial charge in [0.1, 0.15) is 0 Å². The Bertz CT molecular complexity index is 599. The van der Waals surface area contributed by atoms with Gasteiger partial charge in [-0.05, 0) is 59.7 Å². The second-order valence-corrected chi connectivity index (χ2v) is 6.71. The molecule has 0 amide bonds. The van der Waals surface area contributed by atoms with E-state index in [9.17, 15) is 0 Å². The molecular weight excluding hydrogens is 399 g/mol. The fraction of sp³-hybridized carbons (Fsp3) is 0.400. The Kier molecular flexibility index (Phi) is 6.04. The lowest BCUT2D eigenvalue weighted by molar-refractivity contribution is 0.467. The van der Waals surface area contributed by atoms with Gasteiger partial charge in [-0.3, -0.25) is 16.0 Å². The first-order valence-electron chi connectivity index (χ1n) is 7.00. The summed E-state index contributed by atoms with van der Waals surface area (Å²) in [6.45, 7) is 4.32. The van der Waals surface area contributed by atoms with Gasteiger partial charge in [0.15, 0.2) is 0 Å². The van der Waals surface area contributed by atoms with Crippen LogP contribution in [0.4, 0.5) is 0 Å². The van der Waals surface area contributed by atoms with Crippen LogP contribution in [0.5, 0.6) is 0 Å². The van der Waals surface area contributed by atoms with Crippen LogP contribution in [0.1, 0.15) is 43.6 Å². The number of nitrogens with two attached hydrogens (primary N) is 1. The molecule has 2 rings (SSSR count).